The molecule has 1 aromatic heterocycles. The predicted octanol–water partition coefficient (Wildman–Crippen LogP) is 2.89. The second kappa shape index (κ2) is 8.96. The average molecular weight is 444 g/mol. The number of hydrogen-bond donors (Lipinski definition) is 2. The average Bonchev–Trinajstić information content (AvgIpc) is 3.04. The Labute approximate surface area is 193 Å². The van der Waals surface area contributed by atoms with Crippen LogP contribution in [0, 0.1) is 11.8 Å². The van der Waals surface area contributed by atoms with Gasteiger partial charge in [-0.2, -0.15) is 0 Å². The van der Waals surface area contributed by atoms with Crippen molar-refractivity contribution in [3.05, 3.63) is 106 Å². The Balaban J connectivity index is 1.52. The Hall–Kier alpha value is -3.22. The first-order chi connectivity index (χ1) is 16.1. The van der Waals surface area contributed by atoms with Gasteiger partial charge in [0, 0.05) is 43.4 Å². The number of benzene rings is 2. The van der Waals surface area contributed by atoms with E-state index >= 15 is 0 Å². The zero-order valence-electron chi connectivity index (χ0n) is 18.7. The van der Waals surface area contributed by atoms with E-state index in [2.05, 4.69) is 22.3 Å². The number of rotatable bonds is 6. The lowest BCUT2D eigenvalue weighted by Crippen LogP contribution is -2.45. The first kappa shape index (κ1) is 21.6. The van der Waals surface area contributed by atoms with Crippen molar-refractivity contribution >= 4 is 5.91 Å². The molecule has 2 bridgehead atoms. The van der Waals surface area contributed by atoms with Crippen molar-refractivity contribution in [3.63, 3.8) is 0 Å². The quantitative estimate of drug-likeness (QED) is 0.614. The fourth-order valence-electron chi connectivity index (χ4n) is 5.62. The Morgan fingerprint density at radius 2 is 1.73 bits per heavy atom. The number of hydrogen-bond acceptors (Lipinski definition) is 4. The normalized spacial score (nSPS) is 24.8. The number of amides is 1. The second-order valence-electron chi connectivity index (χ2n) is 9.08. The van der Waals surface area contributed by atoms with Gasteiger partial charge in [0.25, 0.3) is 5.56 Å². The highest BCUT2D eigenvalue weighted by molar-refractivity contribution is 5.81. The first-order valence-electron chi connectivity index (χ1n) is 11.5. The summed E-state index contributed by atoms with van der Waals surface area (Å²) in [4.78, 5) is 28.7. The maximum atomic E-state index is 13.7. The Morgan fingerprint density at radius 3 is 2.42 bits per heavy atom. The van der Waals surface area contributed by atoms with Crippen LogP contribution in [-0.2, 0) is 17.9 Å². The zero-order valence-corrected chi connectivity index (χ0v) is 18.7. The van der Waals surface area contributed by atoms with Crippen molar-refractivity contribution in [2.75, 3.05) is 6.61 Å². The number of nitrogens with one attached hydrogen (secondary N) is 1. The maximum Gasteiger partial charge on any atom is 0.250 e. The highest BCUT2D eigenvalue weighted by Crippen LogP contribution is 2.49. The van der Waals surface area contributed by atoms with Crippen molar-refractivity contribution < 1.29 is 9.90 Å². The Morgan fingerprint density at radius 1 is 1.03 bits per heavy atom. The molecule has 2 aromatic carbocycles. The van der Waals surface area contributed by atoms with E-state index in [4.69, 9.17) is 0 Å². The molecule has 3 aromatic rings. The number of aliphatic hydroxyl groups excluding tert-OH is 1. The van der Waals surface area contributed by atoms with Crippen molar-refractivity contribution in [2.45, 2.75) is 38.1 Å². The fraction of sp³-hybridized carbons (Fsp3) is 0.333. The number of nitrogens with zero attached hydrogens (tertiary/aromatic N) is 2. The monoisotopic (exact) mass is 443 g/mol. The van der Waals surface area contributed by atoms with E-state index in [-0.39, 0.29) is 42.1 Å². The molecule has 1 saturated heterocycles. The third-order valence-electron chi connectivity index (χ3n) is 7.21. The number of fused-ring (bicyclic) bond motifs is 4. The van der Waals surface area contributed by atoms with Crippen LogP contribution >= 0.6 is 0 Å². The minimum Gasteiger partial charge on any atom is -0.396 e. The molecule has 0 spiro atoms. The highest BCUT2D eigenvalue weighted by Gasteiger charge is 2.55. The number of pyridine rings is 1. The van der Waals surface area contributed by atoms with Crippen LogP contribution in [0.5, 0.6) is 0 Å². The molecule has 5 atom stereocenters. The molecule has 2 aliphatic rings. The standard InChI is InChI=1S/C27H29N3O3/c1-18(20-11-6-3-7-12-20)28-27(33)25-21(17-31)23-16-29-22(13-8-14-24(29)32)26(25)30(23)15-19-9-4-2-5-10-19/h2-14,18,21,23,25-26,31H,15-17H2,1H3,(H,28,33)/t18-,21-,23-,25+,26+/m1/s1. The van der Waals surface area contributed by atoms with E-state index in [1.807, 2.05) is 61.5 Å². The number of carbonyl (C=O) groups is 1. The molecular formula is C27H29N3O3. The maximum absolute atomic E-state index is 13.7. The van der Waals surface area contributed by atoms with Gasteiger partial charge in [0.15, 0.2) is 0 Å². The SMILES string of the molecule is C[C@@H](NC(=O)[C@H]1[C@H](CO)[C@H]2Cn3c(cccc3=O)[C@@H]1N2Cc1ccccc1)c1ccccc1. The lowest BCUT2D eigenvalue weighted by Gasteiger charge is -2.38. The fourth-order valence-corrected chi connectivity index (χ4v) is 5.62. The molecule has 1 amide bonds. The summed E-state index contributed by atoms with van der Waals surface area (Å²) in [6, 6.07) is 24.8. The van der Waals surface area contributed by atoms with Gasteiger partial charge < -0.3 is 15.0 Å². The molecule has 1 fully saturated rings. The van der Waals surface area contributed by atoms with Crippen LogP contribution in [0.2, 0.25) is 0 Å². The molecule has 0 aliphatic carbocycles. The molecule has 2 aliphatic heterocycles. The molecule has 6 nitrogen and oxygen atoms in total. The molecule has 2 N–H and O–H groups in total. The van der Waals surface area contributed by atoms with E-state index in [0.29, 0.717) is 13.1 Å². The van der Waals surface area contributed by atoms with Gasteiger partial charge in [-0.05, 0) is 24.1 Å². The van der Waals surface area contributed by atoms with E-state index in [0.717, 1.165) is 16.8 Å². The topological polar surface area (TPSA) is 74.6 Å². The highest BCUT2D eigenvalue weighted by atomic mass is 16.3. The Kier molecular flexibility index (Phi) is 5.87. The summed E-state index contributed by atoms with van der Waals surface area (Å²) in [6.07, 6.45) is 0. The van der Waals surface area contributed by atoms with Crippen molar-refractivity contribution in [2.24, 2.45) is 11.8 Å². The van der Waals surface area contributed by atoms with Crippen LogP contribution in [0.25, 0.3) is 0 Å². The van der Waals surface area contributed by atoms with Crippen LogP contribution in [0.1, 0.15) is 35.8 Å². The number of carbonyl (C=O) groups excluding carboxylic acids is 1. The van der Waals surface area contributed by atoms with Crippen LogP contribution < -0.4 is 10.9 Å². The lowest BCUT2D eigenvalue weighted by molar-refractivity contribution is -0.128. The molecule has 0 unspecified atom stereocenters. The van der Waals surface area contributed by atoms with Crippen LogP contribution in [0.4, 0.5) is 0 Å². The van der Waals surface area contributed by atoms with E-state index in [1.54, 1.807) is 16.7 Å². The van der Waals surface area contributed by atoms with Gasteiger partial charge in [-0.3, -0.25) is 14.5 Å². The molecule has 33 heavy (non-hydrogen) atoms. The van der Waals surface area contributed by atoms with Crippen LogP contribution in [0.3, 0.4) is 0 Å². The zero-order chi connectivity index (χ0) is 22.9. The summed E-state index contributed by atoms with van der Waals surface area (Å²) in [5.74, 6) is -0.799. The first-order valence-corrected chi connectivity index (χ1v) is 11.5. The smallest absolute Gasteiger partial charge is 0.250 e. The molecule has 5 rings (SSSR count). The van der Waals surface area contributed by atoms with Crippen LogP contribution in [-0.4, -0.2) is 33.1 Å². The van der Waals surface area contributed by atoms with Gasteiger partial charge in [0.2, 0.25) is 5.91 Å². The molecule has 0 saturated carbocycles. The van der Waals surface area contributed by atoms with E-state index in [1.165, 1.54) is 0 Å². The number of aromatic nitrogens is 1. The summed E-state index contributed by atoms with van der Waals surface area (Å²) >= 11 is 0. The summed E-state index contributed by atoms with van der Waals surface area (Å²) in [7, 11) is 0. The van der Waals surface area contributed by atoms with Gasteiger partial charge in [-0.25, -0.2) is 0 Å². The second-order valence-corrected chi connectivity index (χ2v) is 9.08. The molecule has 6 heteroatoms. The third-order valence-corrected chi connectivity index (χ3v) is 7.21. The predicted molar refractivity (Wildman–Crippen MR) is 126 cm³/mol. The molecule has 0 radical (unpaired) electrons. The molecule has 170 valence electrons. The van der Waals surface area contributed by atoms with Crippen LogP contribution in [0.15, 0.2) is 83.7 Å². The Bertz CT molecular complexity index is 1180. The third kappa shape index (κ3) is 3.90. The van der Waals surface area contributed by atoms with Gasteiger partial charge >= 0.3 is 0 Å². The minimum absolute atomic E-state index is 0.0581. The largest absolute Gasteiger partial charge is 0.396 e. The van der Waals surface area contributed by atoms with Gasteiger partial charge in [-0.1, -0.05) is 66.7 Å². The van der Waals surface area contributed by atoms with Gasteiger partial charge in [0.05, 0.1) is 18.0 Å². The van der Waals surface area contributed by atoms with Crippen molar-refractivity contribution in [1.29, 1.82) is 0 Å². The summed E-state index contributed by atoms with van der Waals surface area (Å²) in [5, 5.41) is 13.6. The van der Waals surface area contributed by atoms with Gasteiger partial charge in [-0.15, -0.1) is 0 Å². The lowest BCUT2D eigenvalue weighted by atomic mass is 9.86. The number of aliphatic hydroxyl groups is 1. The molecule has 3 heterocycles. The van der Waals surface area contributed by atoms with E-state index in [9.17, 15) is 14.7 Å². The van der Waals surface area contributed by atoms with Crippen molar-refractivity contribution in [3.8, 4) is 0 Å². The minimum atomic E-state index is -0.453. The van der Waals surface area contributed by atoms with Gasteiger partial charge in [0.1, 0.15) is 0 Å². The summed E-state index contributed by atoms with van der Waals surface area (Å²) in [6.45, 7) is 3.00. The molecular weight excluding hydrogens is 414 g/mol. The summed E-state index contributed by atoms with van der Waals surface area (Å²) < 4.78 is 1.79. The van der Waals surface area contributed by atoms with E-state index < -0.39 is 5.92 Å². The van der Waals surface area contributed by atoms with Crippen molar-refractivity contribution in [1.82, 2.24) is 14.8 Å². The summed E-state index contributed by atoms with van der Waals surface area (Å²) in [5.41, 5.74) is 2.97.